The Morgan fingerprint density at radius 2 is 1.71 bits per heavy atom. The molecule has 1 aliphatic heterocycles. The number of benzene rings is 3. The number of hydrogen-bond acceptors (Lipinski definition) is 8. The lowest BCUT2D eigenvalue weighted by molar-refractivity contribution is -0.385. The van der Waals surface area contributed by atoms with Crippen molar-refractivity contribution in [2.75, 3.05) is 54.3 Å². The van der Waals surface area contributed by atoms with Crippen LogP contribution >= 0.6 is 0 Å². The van der Waals surface area contributed by atoms with Gasteiger partial charge in [0, 0.05) is 47.7 Å². The molecule has 42 heavy (non-hydrogen) atoms. The number of rotatable bonds is 8. The molecular formula is C29H29N7O6. The van der Waals surface area contributed by atoms with Gasteiger partial charge in [0.1, 0.15) is 5.75 Å². The van der Waals surface area contributed by atoms with Gasteiger partial charge in [-0.3, -0.25) is 14.9 Å². The average Bonchev–Trinajstić information content (AvgIpc) is 3.46. The highest BCUT2D eigenvalue weighted by molar-refractivity contribution is 6.05. The molecule has 13 heteroatoms. The number of amides is 3. The van der Waals surface area contributed by atoms with Crippen molar-refractivity contribution in [3.63, 3.8) is 0 Å². The first-order valence-corrected chi connectivity index (χ1v) is 13.1. The van der Waals surface area contributed by atoms with Crippen LogP contribution in [0.2, 0.25) is 0 Å². The van der Waals surface area contributed by atoms with Crippen molar-refractivity contribution < 1.29 is 24.0 Å². The van der Waals surface area contributed by atoms with E-state index in [-0.39, 0.29) is 17.3 Å². The van der Waals surface area contributed by atoms with Gasteiger partial charge in [0.05, 0.1) is 54.7 Å². The topological polar surface area (TPSA) is 153 Å². The minimum atomic E-state index is -0.587. The third-order valence-corrected chi connectivity index (χ3v) is 6.67. The van der Waals surface area contributed by atoms with Gasteiger partial charge in [-0.15, -0.1) is 0 Å². The molecule has 0 saturated carbocycles. The summed E-state index contributed by atoms with van der Waals surface area (Å²) in [6, 6.07) is 16.3. The molecule has 4 aromatic rings. The third kappa shape index (κ3) is 6.47. The maximum absolute atomic E-state index is 13.1. The van der Waals surface area contributed by atoms with Crippen molar-refractivity contribution in [3.8, 4) is 11.4 Å². The Labute approximate surface area is 241 Å². The Morgan fingerprint density at radius 1 is 0.976 bits per heavy atom. The number of carbonyl (C=O) groups excluding carboxylic acids is 2. The van der Waals surface area contributed by atoms with Gasteiger partial charge in [0.15, 0.2) is 0 Å². The van der Waals surface area contributed by atoms with E-state index in [0.29, 0.717) is 47.2 Å². The van der Waals surface area contributed by atoms with Crippen molar-refractivity contribution in [1.82, 2.24) is 9.78 Å². The monoisotopic (exact) mass is 571 g/mol. The van der Waals surface area contributed by atoms with E-state index in [9.17, 15) is 19.7 Å². The molecule has 0 aliphatic carbocycles. The lowest BCUT2D eigenvalue weighted by Crippen LogP contribution is -2.36. The smallest absolute Gasteiger partial charge is 0.323 e. The Hall–Kier alpha value is -5.43. The number of aromatic nitrogens is 2. The van der Waals surface area contributed by atoms with Crippen LogP contribution in [0.4, 0.5) is 33.2 Å². The predicted molar refractivity (Wildman–Crippen MR) is 158 cm³/mol. The van der Waals surface area contributed by atoms with E-state index in [0.717, 1.165) is 18.8 Å². The number of nitro benzene ring substituents is 1. The molecule has 0 radical (unpaired) electrons. The molecule has 1 fully saturated rings. The third-order valence-electron chi connectivity index (χ3n) is 6.67. The molecule has 0 bridgehead atoms. The molecule has 3 amide bonds. The van der Waals surface area contributed by atoms with E-state index < -0.39 is 11.0 Å². The Kier molecular flexibility index (Phi) is 8.29. The Morgan fingerprint density at radius 3 is 2.48 bits per heavy atom. The minimum Gasteiger partial charge on any atom is -0.495 e. The van der Waals surface area contributed by atoms with Crippen LogP contribution in [0.5, 0.6) is 5.75 Å². The molecule has 0 atom stereocenters. The van der Waals surface area contributed by atoms with Crippen LogP contribution in [0.1, 0.15) is 15.9 Å². The molecule has 0 spiro atoms. The molecule has 216 valence electrons. The second kappa shape index (κ2) is 12.4. The van der Waals surface area contributed by atoms with Gasteiger partial charge in [0.25, 0.3) is 11.6 Å². The number of nitro groups is 1. The second-order valence-corrected chi connectivity index (χ2v) is 9.50. The first kappa shape index (κ1) is 28.1. The van der Waals surface area contributed by atoms with E-state index in [1.165, 1.54) is 16.9 Å². The van der Waals surface area contributed by atoms with E-state index in [1.807, 2.05) is 12.1 Å². The van der Waals surface area contributed by atoms with Gasteiger partial charge in [0.2, 0.25) is 0 Å². The number of nitrogens with one attached hydrogen (secondary N) is 3. The summed E-state index contributed by atoms with van der Waals surface area (Å²) in [4.78, 5) is 38.4. The second-order valence-electron chi connectivity index (χ2n) is 9.50. The maximum Gasteiger partial charge on any atom is 0.323 e. The van der Waals surface area contributed by atoms with Crippen LogP contribution in [0.15, 0.2) is 73.1 Å². The molecule has 2 heterocycles. The number of aryl methyl sites for hydroxylation is 1. The number of nitrogens with zero attached hydrogens (tertiary/aromatic N) is 4. The molecular weight excluding hydrogens is 542 g/mol. The van der Waals surface area contributed by atoms with Gasteiger partial charge in [-0.1, -0.05) is 12.1 Å². The lowest BCUT2D eigenvalue weighted by atomic mass is 10.1. The van der Waals surface area contributed by atoms with E-state index in [4.69, 9.17) is 9.47 Å². The van der Waals surface area contributed by atoms with Crippen LogP contribution < -0.4 is 25.6 Å². The van der Waals surface area contributed by atoms with Crippen LogP contribution in [0.25, 0.3) is 5.69 Å². The van der Waals surface area contributed by atoms with Crippen LogP contribution in [-0.2, 0) is 4.74 Å². The number of methoxy groups -OCH3 is 1. The summed E-state index contributed by atoms with van der Waals surface area (Å²) in [5.74, 6) is 0.347. The van der Waals surface area contributed by atoms with Gasteiger partial charge >= 0.3 is 6.03 Å². The fourth-order valence-electron chi connectivity index (χ4n) is 4.52. The molecule has 13 nitrogen and oxygen atoms in total. The van der Waals surface area contributed by atoms with Crippen LogP contribution in [0.3, 0.4) is 0 Å². The summed E-state index contributed by atoms with van der Waals surface area (Å²) in [7, 11) is 1.60. The summed E-state index contributed by atoms with van der Waals surface area (Å²) >= 11 is 0. The number of hydrogen-bond donors (Lipinski definition) is 3. The van der Waals surface area contributed by atoms with Crippen LogP contribution in [-0.4, -0.2) is 60.1 Å². The van der Waals surface area contributed by atoms with Crippen molar-refractivity contribution in [3.05, 3.63) is 94.3 Å². The SMILES string of the molecule is COc1cc(NC(=O)c2cccc(-n3cc(NC(=O)Nc4ccc(C)c([N+](=O)[O-])c4)cn3)c2)ccc1N1CCOCC1. The molecule has 5 rings (SSSR count). The highest BCUT2D eigenvalue weighted by atomic mass is 16.6. The standard InChI is InChI=1S/C29H29N7O6/c1-19-6-7-21(15-26(19)36(39)40)32-29(38)33-23-17-30-35(18-23)24-5-3-4-20(14-24)28(37)31-22-8-9-25(27(16-22)41-2)34-10-12-42-13-11-34/h3-9,14-18H,10-13H2,1-2H3,(H,31,37)(H2,32,33,38). The summed E-state index contributed by atoms with van der Waals surface area (Å²) in [6.45, 7) is 4.46. The van der Waals surface area contributed by atoms with Gasteiger partial charge in [-0.2, -0.15) is 5.10 Å². The summed E-state index contributed by atoms with van der Waals surface area (Å²) in [6.07, 6.45) is 3.04. The molecule has 3 N–H and O–H groups in total. The quantitative estimate of drug-likeness (QED) is 0.201. The van der Waals surface area contributed by atoms with Crippen LogP contribution in [0, 0.1) is 17.0 Å². The fraction of sp³-hybridized carbons (Fsp3) is 0.207. The van der Waals surface area contributed by atoms with Gasteiger partial charge in [-0.25, -0.2) is 9.48 Å². The average molecular weight is 572 g/mol. The van der Waals surface area contributed by atoms with Crippen molar-refractivity contribution >= 4 is 40.4 Å². The number of ether oxygens (including phenoxy) is 2. The minimum absolute atomic E-state index is 0.0892. The van der Waals surface area contributed by atoms with E-state index in [1.54, 1.807) is 62.7 Å². The number of carbonyl (C=O) groups is 2. The molecule has 1 aliphatic rings. The normalized spacial score (nSPS) is 12.9. The van der Waals surface area contributed by atoms with Gasteiger partial charge in [-0.05, 0) is 43.3 Å². The zero-order valence-electron chi connectivity index (χ0n) is 23.0. The Balaban J connectivity index is 1.24. The lowest BCUT2D eigenvalue weighted by Gasteiger charge is -2.30. The van der Waals surface area contributed by atoms with Gasteiger partial charge < -0.3 is 30.3 Å². The summed E-state index contributed by atoms with van der Waals surface area (Å²) < 4.78 is 12.5. The van der Waals surface area contributed by atoms with Crippen molar-refractivity contribution in [2.24, 2.45) is 0 Å². The summed E-state index contributed by atoms with van der Waals surface area (Å²) in [5.41, 5.74) is 3.62. The molecule has 1 aromatic heterocycles. The fourth-order valence-corrected chi connectivity index (χ4v) is 4.52. The zero-order chi connectivity index (χ0) is 29.6. The predicted octanol–water partition coefficient (Wildman–Crippen LogP) is 4.83. The molecule has 3 aromatic carbocycles. The largest absolute Gasteiger partial charge is 0.495 e. The van der Waals surface area contributed by atoms with Crippen molar-refractivity contribution in [2.45, 2.75) is 6.92 Å². The zero-order valence-corrected chi connectivity index (χ0v) is 23.0. The van der Waals surface area contributed by atoms with Crippen molar-refractivity contribution in [1.29, 1.82) is 0 Å². The molecule has 1 saturated heterocycles. The number of urea groups is 1. The first-order valence-electron chi connectivity index (χ1n) is 13.1. The number of morpholine rings is 1. The number of anilines is 4. The summed E-state index contributed by atoms with van der Waals surface area (Å²) in [5, 5.41) is 23.6. The Bertz CT molecular complexity index is 1630. The van der Waals surface area contributed by atoms with E-state index in [2.05, 4.69) is 25.9 Å². The molecule has 0 unspecified atom stereocenters. The van der Waals surface area contributed by atoms with E-state index >= 15 is 0 Å². The highest BCUT2D eigenvalue weighted by Gasteiger charge is 2.17. The first-order chi connectivity index (χ1) is 20.3. The maximum atomic E-state index is 13.1. The highest BCUT2D eigenvalue weighted by Crippen LogP contribution is 2.32.